The summed E-state index contributed by atoms with van der Waals surface area (Å²) in [6.07, 6.45) is 0.524. The minimum atomic E-state index is -2.97. The Morgan fingerprint density at radius 3 is 2.25 bits per heavy atom. The number of amides is 2. The molecule has 2 aliphatic rings. The van der Waals surface area contributed by atoms with E-state index >= 15 is 0 Å². The van der Waals surface area contributed by atoms with Crippen molar-refractivity contribution in [3.05, 3.63) is 29.3 Å². The number of hydrogen-bond donors (Lipinski definition) is 1. The van der Waals surface area contributed by atoms with Gasteiger partial charge in [-0.15, -0.1) is 0 Å². The van der Waals surface area contributed by atoms with E-state index in [-0.39, 0.29) is 23.6 Å². The first-order valence-corrected chi connectivity index (χ1v) is 10.2. The Balaban J connectivity index is 1.54. The van der Waals surface area contributed by atoms with Gasteiger partial charge in [0, 0.05) is 37.9 Å². The third-order valence-electron chi connectivity index (χ3n) is 4.70. The average Bonchev–Trinajstić information content (AvgIpc) is 2.85. The molecule has 1 aromatic rings. The molecule has 2 heterocycles. The molecule has 1 N–H and O–H groups in total. The number of rotatable bonds is 2. The first-order valence-electron chi connectivity index (χ1n) is 8.41. The number of anilines is 1. The van der Waals surface area contributed by atoms with Crippen molar-refractivity contribution < 1.29 is 13.2 Å². The van der Waals surface area contributed by atoms with Gasteiger partial charge in [0.2, 0.25) is 0 Å². The molecule has 0 saturated carbocycles. The number of hydrogen-bond acceptors (Lipinski definition) is 4. The Hall–Kier alpha value is -1.76. The lowest BCUT2D eigenvalue weighted by Gasteiger charge is -2.36. The van der Waals surface area contributed by atoms with Gasteiger partial charge in [0.05, 0.1) is 11.5 Å². The van der Waals surface area contributed by atoms with Crippen LogP contribution in [0.25, 0.3) is 0 Å². The summed E-state index contributed by atoms with van der Waals surface area (Å²) in [7, 11) is -2.97. The molecule has 2 aliphatic heterocycles. The van der Waals surface area contributed by atoms with Gasteiger partial charge < -0.3 is 15.1 Å². The topological polar surface area (TPSA) is 69.7 Å². The maximum atomic E-state index is 12.3. The molecule has 0 bridgehead atoms. The molecule has 7 heteroatoms. The molecule has 2 fully saturated rings. The van der Waals surface area contributed by atoms with E-state index in [2.05, 4.69) is 42.3 Å². The molecule has 1 unspecified atom stereocenters. The smallest absolute Gasteiger partial charge is 0.317 e. The average molecular weight is 351 g/mol. The lowest BCUT2D eigenvalue weighted by Crippen LogP contribution is -2.53. The molecule has 3 rings (SSSR count). The van der Waals surface area contributed by atoms with E-state index in [1.807, 2.05) is 0 Å². The standard InChI is InChI=1S/C17H25N3O3S/c1-13-9-14(2)11-16(10-13)19-4-6-20(7-5-19)17(21)18-15-3-8-24(22,23)12-15/h9-11,15H,3-8,12H2,1-2H3,(H,18,21). The summed E-state index contributed by atoms with van der Waals surface area (Å²) in [6.45, 7) is 7.07. The van der Waals surface area contributed by atoms with Crippen LogP contribution in [0.4, 0.5) is 10.5 Å². The molecule has 1 atom stereocenters. The van der Waals surface area contributed by atoms with Crippen LogP contribution < -0.4 is 10.2 Å². The van der Waals surface area contributed by atoms with Gasteiger partial charge in [-0.1, -0.05) is 6.07 Å². The zero-order valence-electron chi connectivity index (χ0n) is 14.3. The predicted octanol–water partition coefficient (Wildman–Crippen LogP) is 1.32. The van der Waals surface area contributed by atoms with Crippen molar-refractivity contribution in [3.8, 4) is 0 Å². The van der Waals surface area contributed by atoms with Gasteiger partial charge in [-0.25, -0.2) is 13.2 Å². The predicted molar refractivity (Wildman–Crippen MR) is 95.3 cm³/mol. The lowest BCUT2D eigenvalue weighted by molar-refractivity contribution is 0.191. The van der Waals surface area contributed by atoms with Gasteiger partial charge in [0.1, 0.15) is 0 Å². The molecule has 0 spiro atoms. The number of carbonyl (C=O) groups excluding carboxylic acids is 1. The van der Waals surface area contributed by atoms with Crippen molar-refractivity contribution in [1.82, 2.24) is 10.2 Å². The number of sulfone groups is 1. The third kappa shape index (κ3) is 4.01. The molecule has 1 aromatic carbocycles. The quantitative estimate of drug-likeness (QED) is 0.872. The Morgan fingerprint density at radius 1 is 1.08 bits per heavy atom. The largest absolute Gasteiger partial charge is 0.368 e. The Kier molecular flexibility index (Phi) is 4.71. The summed E-state index contributed by atoms with van der Waals surface area (Å²) in [5, 5.41) is 2.87. The zero-order valence-corrected chi connectivity index (χ0v) is 15.1. The van der Waals surface area contributed by atoms with Crippen LogP contribution in [0.15, 0.2) is 18.2 Å². The Morgan fingerprint density at radius 2 is 1.71 bits per heavy atom. The molecule has 6 nitrogen and oxygen atoms in total. The van der Waals surface area contributed by atoms with Gasteiger partial charge in [0.25, 0.3) is 0 Å². The minimum absolute atomic E-state index is 0.0707. The van der Waals surface area contributed by atoms with Crippen LogP contribution in [0.5, 0.6) is 0 Å². The fourth-order valence-corrected chi connectivity index (χ4v) is 5.15. The fourth-order valence-electron chi connectivity index (χ4n) is 3.48. The number of carbonyl (C=O) groups is 1. The van der Waals surface area contributed by atoms with Gasteiger partial charge in [-0.3, -0.25) is 0 Å². The zero-order chi connectivity index (χ0) is 17.3. The molecule has 132 valence electrons. The molecule has 0 aliphatic carbocycles. The summed E-state index contributed by atoms with van der Waals surface area (Å²) in [4.78, 5) is 16.4. The van der Waals surface area contributed by atoms with E-state index in [1.54, 1.807) is 4.90 Å². The second kappa shape index (κ2) is 6.63. The second-order valence-electron chi connectivity index (χ2n) is 6.87. The van der Waals surface area contributed by atoms with Gasteiger partial charge in [0.15, 0.2) is 9.84 Å². The molecule has 2 amide bonds. The van der Waals surface area contributed by atoms with E-state index < -0.39 is 9.84 Å². The van der Waals surface area contributed by atoms with E-state index in [9.17, 15) is 13.2 Å². The van der Waals surface area contributed by atoms with Crippen LogP contribution in [0.3, 0.4) is 0 Å². The normalized spacial score (nSPS) is 23.3. The summed E-state index contributed by atoms with van der Waals surface area (Å²) in [6, 6.07) is 6.12. The first kappa shape index (κ1) is 17.1. The first-order chi connectivity index (χ1) is 11.3. The molecule has 0 radical (unpaired) electrons. The Labute approximate surface area is 143 Å². The summed E-state index contributed by atoms with van der Waals surface area (Å²) in [5.41, 5.74) is 3.69. The Bertz CT molecular complexity index is 704. The monoisotopic (exact) mass is 351 g/mol. The highest BCUT2D eigenvalue weighted by atomic mass is 32.2. The van der Waals surface area contributed by atoms with E-state index in [1.165, 1.54) is 16.8 Å². The van der Waals surface area contributed by atoms with Crippen molar-refractivity contribution in [2.45, 2.75) is 26.3 Å². The number of benzene rings is 1. The molecule has 24 heavy (non-hydrogen) atoms. The summed E-state index contributed by atoms with van der Waals surface area (Å²) >= 11 is 0. The maximum absolute atomic E-state index is 12.3. The van der Waals surface area contributed by atoms with Crippen molar-refractivity contribution >= 4 is 21.6 Å². The summed E-state index contributed by atoms with van der Waals surface area (Å²) < 4.78 is 23.0. The van der Waals surface area contributed by atoms with Crippen LogP contribution in [0.1, 0.15) is 17.5 Å². The highest BCUT2D eigenvalue weighted by molar-refractivity contribution is 7.91. The lowest BCUT2D eigenvalue weighted by atomic mass is 10.1. The SMILES string of the molecule is Cc1cc(C)cc(N2CCN(C(=O)NC3CCS(=O)(=O)C3)CC2)c1. The third-order valence-corrected chi connectivity index (χ3v) is 6.47. The van der Waals surface area contributed by atoms with Crippen molar-refractivity contribution in [1.29, 1.82) is 0 Å². The van der Waals surface area contributed by atoms with Crippen molar-refractivity contribution in [3.63, 3.8) is 0 Å². The van der Waals surface area contributed by atoms with Crippen LogP contribution in [-0.4, -0.2) is 63.1 Å². The van der Waals surface area contributed by atoms with Crippen LogP contribution in [0.2, 0.25) is 0 Å². The minimum Gasteiger partial charge on any atom is -0.368 e. The highest BCUT2D eigenvalue weighted by Crippen LogP contribution is 2.20. The van der Waals surface area contributed by atoms with Crippen LogP contribution in [-0.2, 0) is 9.84 Å². The van der Waals surface area contributed by atoms with Gasteiger partial charge >= 0.3 is 6.03 Å². The number of urea groups is 1. The van der Waals surface area contributed by atoms with E-state index in [0.717, 1.165) is 13.1 Å². The summed E-state index contributed by atoms with van der Waals surface area (Å²) in [5.74, 6) is 0.250. The number of aryl methyl sites for hydroxylation is 2. The fraction of sp³-hybridized carbons (Fsp3) is 0.588. The molecule has 2 saturated heterocycles. The molecule has 0 aromatic heterocycles. The van der Waals surface area contributed by atoms with Crippen LogP contribution in [0, 0.1) is 13.8 Å². The molecular formula is C17H25N3O3S. The number of piperazine rings is 1. The van der Waals surface area contributed by atoms with Gasteiger partial charge in [-0.05, 0) is 43.5 Å². The second-order valence-corrected chi connectivity index (χ2v) is 9.10. The van der Waals surface area contributed by atoms with Crippen LogP contribution >= 0.6 is 0 Å². The number of nitrogens with one attached hydrogen (secondary N) is 1. The van der Waals surface area contributed by atoms with Crippen molar-refractivity contribution in [2.24, 2.45) is 0 Å². The highest BCUT2D eigenvalue weighted by Gasteiger charge is 2.30. The maximum Gasteiger partial charge on any atom is 0.317 e. The molecular weight excluding hydrogens is 326 g/mol. The number of nitrogens with zero attached hydrogens (tertiary/aromatic N) is 2. The van der Waals surface area contributed by atoms with Crippen molar-refractivity contribution in [2.75, 3.05) is 42.6 Å². The van der Waals surface area contributed by atoms with Gasteiger partial charge in [-0.2, -0.15) is 0 Å². The van der Waals surface area contributed by atoms with E-state index in [0.29, 0.717) is 19.5 Å². The van der Waals surface area contributed by atoms with E-state index in [4.69, 9.17) is 0 Å².